The lowest BCUT2D eigenvalue weighted by Crippen LogP contribution is -2.11. The number of benzene rings is 1. The predicted molar refractivity (Wildman–Crippen MR) is 78.0 cm³/mol. The Labute approximate surface area is 112 Å². The molecule has 1 aromatic carbocycles. The highest BCUT2D eigenvalue weighted by atomic mass is 16.5. The van der Waals surface area contributed by atoms with Gasteiger partial charge in [-0.1, -0.05) is 45.2 Å². The molecule has 0 aromatic heterocycles. The highest BCUT2D eigenvalue weighted by Crippen LogP contribution is 2.17. The average Bonchev–Trinajstić information content (AvgIpc) is 2.40. The van der Waals surface area contributed by atoms with Gasteiger partial charge in [0.25, 0.3) is 0 Å². The van der Waals surface area contributed by atoms with Crippen LogP contribution in [0.5, 0.6) is 5.75 Å². The molecule has 102 valence electrons. The van der Waals surface area contributed by atoms with Crippen LogP contribution in [0, 0.1) is 5.92 Å². The summed E-state index contributed by atoms with van der Waals surface area (Å²) < 4.78 is 5.92. The van der Waals surface area contributed by atoms with Gasteiger partial charge in [0.05, 0.1) is 6.61 Å². The number of nitrogens with one attached hydrogen (secondary N) is 1. The molecule has 2 nitrogen and oxygen atoms in total. The minimum Gasteiger partial charge on any atom is -0.493 e. The van der Waals surface area contributed by atoms with Crippen molar-refractivity contribution in [3.63, 3.8) is 0 Å². The maximum atomic E-state index is 5.92. The fraction of sp³-hybridized carbons (Fsp3) is 0.625. The third kappa shape index (κ3) is 5.54. The summed E-state index contributed by atoms with van der Waals surface area (Å²) in [5.74, 6) is 1.69. The summed E-state index contributed by atoms with van der Waals surface area (Å²) in [5, 5.41) is 3.16. The van der Waals surface area contributed by atoms with Crippen molar-refractivity contribution in [1.29, 1.82) is 0 Å². The van der Waals surface area contributed by atoms with E-state index in [-0.39, 0.29) is 0 Å². The van der Waals surface area contributed by atoms with Gasteiger partial charge in [0.2, 0.25) is 0 Å². The minimum atomic E-state index is 0.693. The normalized spacial score (nSPS) is 12.4. The van der Waals surface area contributed by atoms with Crippen LogP contribution in [-0.4, -0.2) is 13.7 Å². The van der Waals surface area contributed by atoms with E-state index in [0.29, 0.717) is 5.92 Å². The van der Waals surface area contributed by atoms with Gasteiger partial charge in [-0.3, -0.25) is 0 Å². The van der Waals surface area contributed by atoms with Crippen molar-refractivity contribution in [3.05, 3.63) is 29.8 Å². The topological polar surface area (TPSA) is 21.3 Å². The van der Waals surface area contributed by atoms with Crippen molar-refractivity contribution in [1.82, 2.24) is 5.32 Å². The van der Waals surface area contributed by atoms with Crippen LogP contribution in [0.3, 0.4) is 0 Å². The Bertz CT molecular complexity index is 325. The van der Waals surface area contributed by atoms with Gasteiger partial charge in [-0.15, -0.1) is 0 Å². The van der Waals surface area contributed by atoms with Crippen LogP contribution in [-0.2, 0) is 6.54 Å². The molecule has 0 aliphatic carbocycles. The molecule has 1 atom stereocenters. The van der Waals surface area contributed by atoms with E-state index < -0.39 is 0 Å². The third-order valence-corrected chi connectivity index (χ3v) is 3.31. The number of unbranched alkanes of at least 4 members (excludes halogenated alkanes) is 1. The molecule has 0 bridgehead atoms. The number of hydrogen-bond donors (Lipinski definition) is 1. The van der Waals surface area contributed by atoms with Crippen molar-refractivity contribution >= 4 is 0 Å². The molecule has 2 heteroatoms. The summed E-state index contributed by atoms with van der Waals surface area (Å²) in [4.78, 5) is 0. The smallest absolute Gasteiger partial charge is 0.119 e. The van der Waals surface area contributed by atoms with Gasteiger partial charge in [-0.25, -0.2) is 0 Å². The first-order chi connectivity index (χ1) is 8.80. The molecule has 0 saturated carbocycles. The van der Waals surface area contributed by atoms with E-state index in [9.17, 15) is 0 Å². The Morgan fingerprint density at radius 2 is 2.11 bits per heavy atom. The van der Waals surface area contributed by atoms with Gasteiger partial charge in [0.1, 0.15) is 5.75 Å². The summed E-state index contributed by atoms with van der Waals surface area (Å²) in [6, 6.07) is 8.36. The van der Waals surface area contributed by atoms with Gasteiger partial charge in [0.15, 0.2) is 0 Å². The van der Waals surface area contributed by atoms with Crippen molar-refractivity contribution < 1.29 is 4.74 Å². The maximum absolute atomic E-state index is 5.92. The molecule has 0 spiro atoms. The largest absolute Gasteiger partial charge is 0.493 e. The first kappa shape index (κ1) is 15.0. The molecule has 1 aromatic rings. The summed E-state index contributed by atoms with van der Waals surface area (Å²) in [7, 11) is 1.96. The lowest BCUT2D eigenvalue weighted by molar-refractivity contribution is 0.233. The molecule has 1 N–H and O–H groups in total. The second-order valence-corrected chi connectivity index (χ2v) is 4.91. The van der Waals surface area contributed by atoms with E-state index in [1.165, 1.54) is 31.2 Å². The lowest BCUT2D eigenvalue weighted by atomic mass is 10.0. The molecule has 0 aliphatic rings. The molecule has 0 saturated heterocycles. The van der Waals surface area contributed by atoms with Crippen LogP contribution in [0.25, 0.3) is 0 Å². The molecule has 18 heavy (non-hydrogen) atoms. The van der Waals surface area contributed by atoms with Crippen molar-refractivity contribution in [3.8, 4) is 5.75 Å². The first-order valence-electron chi connectivity index (χ1n) is 7.16. The monoisotopic (exact) mass is 249 g/mol. The van der Waals surface area contributed by atoms with Gasteiger partial charge in [-0.2, -0.15) is 0 Å². The second-order valence-electron chi connectivity index (χ2n) is 4.91. The van der Waals surface area contributed by atoms with Crippen LogP contribution in [0.1, 0.15) is 45.1 Å². The zero-order valence-corrected chi connectivity index (χ0v) is 12.0. The van der Waals surface area contributed by atoms with Crippen LogP contribution >= 0.6 is 0 Å². The fourth-order valence-corrected chi connectivity index (χ4v) is 2.06. The predicted octanol–water partition coefficient (Wildman–Crippen LogP) is 4.00. The van der Waals surface area contributed by atoms with E-state index in [1.807, 2.05) is 13.1 Å². The first-order valence-corrected chi connectivity index (χ1v) is 7.16. The van der Waals surface area contributed by atoms with Crippen LogP contribution < -0.4 is 10.1 Å². The highest BCUT2D eigenvalue weighted by molar-refractivity contribution is 5.28. The van der Waals surface area contributed by atoms with Crippen molar-refractivity contribution in [2.24, 2.45) is 5.92 Å². The third-order valence-electron chi connectivity index (χ3n) is 3.31. The number of hydrogen-bond acceptors (Lipinski definition) is 2. The van der Waals surface area contributed by atoms with Gasteiger partial charge in [0, 0.05) is 6.54 Å². The SMILES string of the molecule is CCCCC(CC)COc1cccc(CNC)c1. The summed E-state index contributed by atoms with van der Waals surface area (Å²) in [6.07, 6.45) is 5.06. The van der Waals surface area contributed by atoms with Crippen LogP contribution in [0.2, 0.25) is 0 Å². The van der Waals surface area contributed by atoms with E-state index >= 15 is 0 Å². The van der Waals surface area contributed by atoms with Crippen LogP contribution in [0.15, 0.2) is 24.3 Å². The Balaban J connectivity index is 2.43. The maximum Gasteiger partial charge on any atom is 0.119 e. The summed E-state index contributed by atoms with van der Waals surface area (Å²) in [5.41, 5.74) is 1.27. The molecule has 0 fully saturated rings. The number of ether oxygens (including phenoxy) is 1. The van der Waals surface area contributed by atoms with Gasteiger partial charge in [-0.05, 0) is 37.1 Å². The second kappa shape index (κ2) is 8.98. The van der Waals surface area contributed by atoms with E-state index in [1.54, 1.807) is 0 Å². The Morgan fingerprint density at radius 1 is 1.28 bits per heavy atom. The molecule has 1 unspecified atom stereocenters. The lowest BCUT2D eigenvalue weighted by Gasteiger charge is -2.16. The molecule has 0 heterocycles. The van der Waals surface area contributed by atoms with Gasteiger partial charge >= 0.3 is 0 Å². The molecule has 0 radical (unpaired) electrons. The summed E-state index contributed by atoms with van der Waals surface area (Å²) in [6.45, 7) is 6.24. The van der Waals surface area contributed by atoms with Crippen molar-refractivity contribution in [2.45, 2.75) is 46.1 Å². The quantitative estimate of drug-likeness (QED) is 0.714. The Kier molecular flexibility index (Phi) is 7.51. The highest BCUT2D eigenvalue weighted by Gasteiger charge is 2.07. The Hall–Kier alpha value is -1.02. The van der Waals surface area contributed by atoms with E-state index in [0.717, 1.165) is 18.9 Å². The Morgan fingerprint density at radius 3 is 2.78 bits per heavy atom. The molecule has 1 rings (SSSR count). The molecular weight excluding hydrogens is 222 g/mol. The minimum absolute atomic E-state index is 0.693. The zero-order chi connectivity index (χ0) is 13.2. The summed E-state index contributed by atoms with van der Waals surface area (Å²) >= 11 is 0. The molecular formula is C16H27NO. The standard InChI is InChI=1S/C16H27NO/c1-4-6-8-14(5-2)13-18-16-10-7-9-15(11-16)12-17-3/h7,9-11,14,17H,4-6,8,12-13H2,1-3H3. The zero-order valence-electron chi connectivity index (χ0n) is 12.0. The van der Waals surface area contributed by atoms with E-state index in [2.05, 4.69) is 37.4 Å². The molecule has 0 amide bonds. The fourth-order valence-electron chi connectivity index (χ4n) is 2.06. The average molecular weight is 249 g/mol. The van der Waals surface area contributed by atoms with Gasteiger partial charge < -0.3 is 10.1 Å². The van der Waals surface area contributed by atoms with E-state index in [4.69, 9.17) is 4.74 Å². The van der Waals surface area contributed by atoms with Crippen LogP contribution in [0.4, 0.5) is 0 Å². The number of rotatable bonds is 9. The molecule has 0 aliphatic heterocycles. The van der Waals surface area contributed by atoms with Crippen molar-refractivity contribution in [2.75, 3.05) is 13.7 Å².